The summed E-state index contributed by atoms with van der Waals surface area (Å²) in [6, 6.07) is 8.87. The lowest BCUT2D eigenvalue weighted by Gasteiger charge is -2.15. The fraction of sp³-hybridized carbons (Fsp3) is 0.200. The van der Waals surface area contributed by atoms with Gasteiger partial charge in [-0.2, -0.15) is 0 Å². The molecule has 4 nitrogen and oxygen atoms in total. The molecule has 0 fully saturated rings. The molecule has 1 aromatic heterocycles. The van der Waals surface area contributed by atoms with Crippen molar-refractivity contribution >= 4 is 16.9 Å². The number of pyridine rings is 1. The third kappa shape index (κ3) is 2.90. The van der Waals surface area contributed by atoms with E-state index in [1.54, 1.807) is 6.20 Å². The van der Waals surface area contributed by atoms with Gasteiger partial charge >= 0.3 is 5.97 Å². The van der Waals surface area contributed by atoms with Crippen LogP contribution in [0.5, 0.6) is 0 Å². The Hall–Kier alpha value is -2.38. The first-order valence-electron chi connectivity index (χ1n) is 5.85. The zero-order valence-electron chi connectivity index (χ0n) is 10.6. The van der Waals surface area contributed by atoms with E-state index < -0.39 is 6.04 Å². The quantitative estimate of drug-likeness (QED) is 0.666. The van der Waals surface area contributed by atoms with Crippen molar-refractivity contribution in [3.05, 3.63) is 42.1 Å². The number of aromatic nitrogens is 1. The number of nitrogens with zero attached hydrogens (tertiary/aromatic N) is 1. The fourth-order valence-electron chi connectivity index (χ4n) is 1.89. The van der Waals surface area contributed by atoms with E-state index >= 15 is 0 Å². The van der Waals surface area contributed by atoms with E-state index in [4.69, 9.17) is 11.2 Å². The number of hydrogen-bond acceptors (Lipinski definition) is 4. The van der Waals surface area contributed by atoms with Crippen LogP contribution in [-0.2, 0) is 9.53 Å². The highest BCUT2D eigenvalue weighted by molar-refractivity contribution is 5.83. The van der Waals surface area contributed by atoms with Crippen LogP contribution in [0.2, 0.25) is 0 Å². The number of hydrogen-bond donors (Lipinski definition) is 1. The molecule has 0 aliphatic carbocycles. The number of esters is 1. The van der Waals surface area contributed by atoms with Crippen molar-refractivity contribution < 1.29 is 9.53 Å². The highest BCUT2D eigenvalue weighted by atomic mass is 16.5. The third-order valence-electron chi connectivity index (χ3n) is 2.81. The summed E-state index contributed by atoms with van der Waals surface area (Å²) >= 11 is 0. The number of benzene rings is 1. The topological polar surface area (TPSA) is 51.2 Å². The molecule has 2 aromatic rings. The van der Waals surface area contributed by atoms with Gasteiger partial charge in [-0.1, -0.05) is 18.1 Å². The Morgan fingerprint density at radius 2 is 2.37 bits per heavy atom. The lowest BCUT2D eigenvalue weighted by atomic mass is 10.0. The maximum absolute atomic E-state index is 11.8. The summed E-state index contributed by atoms with van der Waals surface area (Å²) in [5.41, 5.74) is 1.69. The molecule has 0 bridgehead atoms. The van der Waals surface area contributed by atoms with Crippen LogP contribution in [0, 0.1) is 12.3 Å². The first kappa shape index (κ1) is 13.1. The number of nitrogens with one attached hydrogen (secondary N) is 1. The van der Waals surface area contributed by atoms with Crippen LogP contribution < -0.4 is 5.32 Å². The molecule has 0 saturated heterocycles. The van der Waals surface area contributed by atoms with Crippen molar-refractivity contribution in [1.29, 1.82) is 0 Å². The summed E-state index contributed by atoms with van der Waals surface area (Å²) in [6.45, 7) is 0.296. The van der Waals surface area contributed by atoms with Crippen molar-refractivity contribution in [2.45, 2.75) is 6.04 Å². The number of carbonyl (C=O) groups is 1. The summed E-state index contributed by atoms with van der Waals surface area (Å²) in [5.74, 6) is 2.09. The Balaban J connectivity index is 2.38. The zero-order chi connectivity index (χ0) is 13.7. The van der Waals surface area contributed by atoms with E-state index in [2.05, 4.69) is 16.2 Å². The summed E-state index contributed by atoms with van der Waals surface area (Å²) in [6.07, 6.45) is 6.94. The second-order valence-electron chi connectivity index (χ2n) is 4.00. The van der Waals surface area contributed by atoms with E-state index in [9.17, 15) is 4.79 Å². The maximum atomic E-state index is 11.8. The van der Waals surface area contributed by atoms with Crippen LogP contribution in [0.4, 0.5) is 0 Å². The van der Waals surface area contributed by atoms with Crippen molar-refractivity contribution in [2.24, 2.45) is 0 Å². The number of ether oxygens (including phenoxy) is 1. The van der Waals surface area contributed by atoms with Crippen molar-refractivity contribution in [2.75, 3.05) is 13.7 Å². The van der Waals surface area contributed by atoms with Crippen molar-refractivity contribution in [1.82, 2.24) is 10.3 Å². The van der Waals surface area contributed by atoms with E-state index in [0.717, 1.165) is 16.5 Å². The first-order chi connectivity index (χ1) is 9.26. The lowest BCUT2D eigenvalue weighted by molar-refractivity contribution is -0.143. The average molecular weight is 254 g/mol. The second kappa shape index (κ2) is 5.98. The van der Waals surface area contributed by atoms with E-state index in [1.807, 2.05) is 30.3 Å². The van der Waals surface area contributed by atoms with Gasteiger partial charge in [-0.3, -0.25) is 10.3 Å². The van der Waals surface area contributed by atoms with Crippen LogP contribution in [0.15, 0.2) is 36.5 Å². The predicted octanol–water partition coefficient (Wildman–Crippen LogP) is 1.67. The van der Waals surface area contributed by atoms with E-state index in [-0.39, 0.29) is 5.97 Å². The van der Waals surface area contributed by atoms with E-state index in [1.165, 1.54) is 7.11 Å². The Morgan fingerprint density at radius 1 is 1.53 bits per heavy atom. The minimum atomic E-state index is -0.564. The molecule has 0 spiro atoms. The molecule has 19 heavy (non-hydrogen) atoms. The van der Waals surface area contributed by atoms with Gasteiger partial charge in [0.25, 0.3) is 0 Å². The van der Waals surface area contributed by atoms with Crippen LogP contribution in [0.3, 0.4) is 0 Å². The van der Waals surface area contributed by atoms with Gasteiger partial charge in [-0.15, -0.1) is 6.42 Å². The van der Waals surface area contributed by atoms with Crippen LogP contribution in [-0.4, -0.2) is 24.6 Å². The highest BCUT2D eigenvalue weighted by Gasteiger charge is 2.20. The van der Waals surface area contributed by atoms with Crippen LogP contribution in [0.1, 0.15) is 11.6 Å². The molecular formula is C15H14N2O2. The monoisotopic (exact) mass is 254 g/mol. The number of methoxy groups -OCH3 is 1. The normalized spacial score (nSPS) is 11.8. The smallest absolute Gasteiger partial charge is 0.327 e. The van der Waals surface area contributed by atoms with Gasteiger partial charge in [0.1, 0.15) is 6.04 Å². The molecule has 1 aromatic carbocycles. The molecule has 1 atom stereocenters. The zero-order valence-corrected chi connectivity index (χ0v) is 10.6. The van der Waals surface area contributed by atoms with E-state index in [0.29, 0.717) is 6.54 Å². The number of rotatable bonds is 4. The Morgan fingerprint density at radius 3 is 3.11 bits per heavy atom. The fourth-order valence-corrected chi connectivity index (χ4v) is 1.89. The molecule has 0 amide bonds. The van der Waals surface area contributed by atoms with Gasteiger partial charge in [-0.05, 0) is 23.8 Å². The van der Waals surface area contributed by atoms with Crippen molar-refractivity contribution in [3.63, 3.8) is 0 Å². The van der Waals surface area contributed by atoms with Gasteiger partial charge in [0.15, 0.2) is 0 Å². The van der Waals surface area contributed by atoms with Gasteiger partial charge in [0, 0.05) is 11.6 Å². The average Bonchev–Trinajstić information content (AvgIpc) is 2.47. The molecular weight excluding hydrogens is 240 g/mol. The Bertz CT molecular complexity index is 631. The molecule has 1 heterocycles. The number of terminal acetylenes is 1. The SMILES string of the molecule is C#CCNC(C(=O)OC)c1ccc2ncccc2c1. The predicted molar refractivity (Wildman–Crippen MR) is 73.3 cm³/mol. The van der Waals surface area contributed by atoms with Gasteiger partial charge in [0.05, 0.1) is 19.2 Å². The van der Waals surface area contributed by atoms with Crippen molar-refractivity contribution in [3.8, 4) is 12.3 Å². The molecule has 0 aliphatic rings. The molecule has 1 N–H and O–H groups in total. The second-order valence-corrected chi connectivity index (χ2v) is 4.00. The summed E-state index contributed by atoms with van der Waals surface area (Å²) in [4.78, 5) is 16.0. The largest absolute Gasteiger partial charge is 0.468 e. The molecule has 0 saturated carbocycles. The lowest BCUT2D eigenvalue weighted by Crippen LogP contribution is -2.29. The summed E-state index contributed by atoms with van der Waals surface area (Å²) in [7, 11) is 1.36. The molecule has 0 radical (unpaired) electrons. The highest BCUT2D eigenvalue weighted by Crippen LogP contribution is 2.20. The number of fused-ring (bicyclic) bond motifs is 1. The molecule has 4 heteroatoms. The molecule has 96 valence electrons. The van der Waals surface area contributed by atoms with Crippen LogP contribution in [0.25, 0.3) is 10.9 Å². The Kier molecular flexibility index (Phi) is 4.11. The maximum Gasteiger partial charge on any atom is 0.327 e. The molecule has 2 rings (SSSR count). The summed E-state index contributed by atoms with van der Waals surface area (Å²) in [5, 5.41) is 3.94. The van der Waals surface area contributed by atoms with Gasteiger partial charge in [-0.25, -0.2) is 4.79 Å². The molecule has 1 unspecified atom stereocenters. The van der Waals surface area contributed by atoms with Crippen LogP contribution >= 0.6 is 0 Å². The summed E-state index contributed by atoms with van der Waals surface area (Å²) < 4.78 is 4.79. The minimum absolute atomic E-state index is 0.296. The Labute approximate surface area is 111 Å². The minimum Gasteiger partial charge on any atom is -0.468 e. The molecule has 0 aliphatic heterocycles. The van der Waals surface area contributed by atoms with Gasteiger partial charge < -0.3 is 4.74 Å². The standard InChI is InChI=1S/C15H14N2O2/c1-3-8-17-14(15(18)19-2)12-6-7-13-11(10-12)5-4-9-16-13/h1,4-7,9-10,14,17H,8H2,2H3. The third-order valence-corrected chi connectivity index (χ3v) is 2.81. The first-order valence-corrected chi connectivity index (χ1v) is 5.85. The number of carbonyl (C=O) groups excluding carboxylic acids is 1. The van der Waals surface area contributed by atoms with Gasteiger partial charge in [0.2, 0.25) is 0 Å².